The molecule has 0 radical (unpaired) electrons. The monoisotopic (exact) mass is 1330 g/mol. The number of aromatic amines is 1. The van der Waals surface area contributed by atoms with Crippen molar-refractivity contribution < 1.29 is 14.2 Å². The van der Waals surface area contributed by atoms with Gasteiger partial charge in [0.25, 0.3) is 0 Å². The highest BCUT2D eigenvalue weighted by Crippen LogP contribution is 2.71. The minimum absolute atomic E-state index is 0.0205. The molecule has 0 amide bonds. The Labute approximate surface area is 598 Å². The number of rotatable bonds is 6. The SMILES string of the molecule is CC(C)(C)O[C@@H]1CC[C@@]2(C)C(=CC[C@@H]3[C@@H]2CC[C@]2(C)C(c4ccc5c(c4)CN=C5)=CC[C@@H]32)C1.CC(C)(C)O[C@@H]1CC[C@@]2(C)C(=CC[C@H]3[C@@H]4CC[C@H](c5ccc6c(c5)CN=C6)[C@@]4(C)CC[C@@H]32)C1.CC(C)(C)O[C@@H]1CC[C@@]2(C)[C@@H](CC[C@@H]3[C@@H]2CC[C@]2(C)C(c4ccc5cn[nH]c5c4)=CC[C@@H]32)C1. The maximum Gasteiger partial charge on any atom is 0.0656 e. The van der Waals surface area contributed by atoms with Crippen molar-refractivity contribution in [1.82, 2.24) is 10.2 Å². The summed E-state index contributed by atoms with van der Waals surface area (Å²) in [5.41, 5.74) is 20.1. The molecule has 0 saturated heterocycles. The van der Waals surface area contributed by atoms with Crippen LogP contribution in [0.3, 0.4) is 0 Å². The van der Waals surface area contributed by atoms with E-state index >= 15 is 0 Å². The van der Waals surface area contributed by atoms with Gasteiger partial charge in [-0.1, -0.05) is 119 Å². The first-order valence-corrected chi connectivity index (χ1v) is 40.6. The van der Waals surface area contributed by atoms with Crippen molar-refractivity contribution in [2.45, 2.75) is 306 Å². The second kappa shape index (κ2) is 25.0. The quantitative estimate of drug-likeness (QED) is 0.195. The van der Waals surface area contributed by atoms with Crippen molar-refractivity contribution in [1.29, 1.82) is 0 Å². The van der Waals surface area contributed by atoms with Gasteiger partial charge in [0.15, 0.2) is 0 Å². The topological polar surface area (TPSA) is 81.1 Å². The van der Waals surface area contributed by atoms with Crippen LogP contribution >= 0.6 is 0 Å². The van der Waals surface area contributed by atoms with Crippen LogP contribution in [0.1, 0.15) is 296 Å². The summed E-state index contributed by atoms with van der Waals surface area (Å²) in [6.07, 6.45) is 48.2. The number of hydrogen-bond donors (Lipinski definition) is 1. The molecule has 7 nitrogen and oxygen atoms in total. The average molecular weight is 1340 g/mol. The van der Waals surface area contributed by atoms with Crippen LogP contribution in [0.2, 0.25) is 0 Å². The Kier molecular flexibility index (Phi) is 17.4. The standard InChI is InChI=1S/C31H43NO.C31H41NO.C30H42N2O/c2*1-29(2,3)33-24-12-14-30(4)23(17-24)8-9-25-27-11-10-26(31(27,5)15-13-28(25)30)20-6-7-21-18-32-19-22(21)16-20;1-28(2,3)33-22-12-14-29(4)21(17-22)8-9-23-25-11-10-24(30(25,5)15-13-26(23)29)19-6-7-20-18-31-32-27(20)16-19/h6-8,16,18,24-28H,9-15,17,19H2,1-5H3;6-8,10,16,18,24-25,27-28H,9,11-15,17,19H2,1-5H3;6-7,10,16,18,21-23,25-26H,8-9,11-15,17H2,1-5H3,(H,31,32)/t24-,25+,26-,27+,28+,30+,31-;24-,25+,27+,28+,30+,31-;21-,22+,23-,25-,26-,29-,30+/m110/s1. The van der Waals surface area contributed by atoms with Crippen LogP contribution in [-0.4, -0.2) is 57.7 Å². The van der Waals surface area contributed by atoms with Gasteiger partial charge in [0.1, 0.15) is 0 Å². The number of aliphatic imine (C=N–C) groups is 2. The van der Waals surface area contributed by atoms with E-state index < -0.39 is 0 Å². The molecule has 14 aliphatic rings. The number of aromatic nitrogens is 2. The first-order chi connectivity index (χ1) is 47.0. The predicted molar refractivity (Wildman–Crippen MR) is 410 cm³/mol. The van der Waals surface area contributed by atoms with E-state index in [1.165, 1.54) is 180 Å². The molecule has 0 bridgehead atoms. The number of allylic oxidation sites excluding steroid dienone is 6. The maximum absolute atomic E-state index is 6.47. The Morgan fingerprint density at radius 2 is 0.939 bits per heavy atom. The lowest BCUT2D eigenvalue weighted by Gasteiger charge is -2.61. The van der Waals surface area contributed by atoms with Gasteiger partial charge in [-0.2, -0.15) is 5.10 Å². The second-order valence-electron chi connectivity index (χ2n) is 39.8. The van der Waals surface area contributed by atoms with Gasteiger partial charge in [0, 0.05) is 17.8 Å². The third-order valence-corrected chi connectivity index (χ3v) is 31.2. The molecule has 1 N–H and O–H groups in total. The van der Waals surface area contributed by atoms with Crippen LogP contribution in [-0.2, 0) is 27.3 Å². The molecule has 0 spiro atoms. The minimum atomic E-state index is -0.0432. The van der Waals surface area contributed by atoms with Gasteiger partial charge in [-0.25, -0.2) is 0 Å². The average Bonchev–Trinajstić information content (AvgIpc) is 1.68. The number of nitrogens with one attached hydrogen (secondary N) is 1. The molecule has 3 aromatic carbocycles. The fraction of sp³-hybridized carbons (Fsp3) is 0.685. The van der Waals surface area contributed by atoms with Crippen molar-refractivity contribution in [3.8, 4) is 0 Å². The zero-order valence-corrected chi connectivity index (χ0v) is 64.1. The lowest BCUT2D eigenvalue weighted by Crippen LogP contribution is -2.54. The van der Waals surface area contributed by atoms with Crippen molar-refractivity contribution in [3.63, 3.8) is 0 Å². The smallest absolute Gasteiger partial charge is 0.0656 e. The van der Waals surface area contributed by atoms with Crippen LogP contribution in [0.15, 0.2) is 106 Å². The Morgan fingerprint density at radius 3 is 1.57 bits per heavy atom. The number of H-pyrrole nitrogens is 1. The van der Waals surface area contributed by atoms with Crippen molar-refractivity contribution in [2.75, 3.05) is 0 Å². The van der Waals surface area contributed by atoms with E-state index in [2.05, 4.69) is 209 Å². The summed E-state index contributed by atoms with van der Waals surface area (Å²) in [4.78, 5) is 8.98. The molecular weight excluding hydrogens is 1210 g/mol. The lowest BCUT2D eigenvalue weighted by molar-refractivity contribution is -0.148. The summed E-state index contributed by atoms with van der Waals surface area (Å²) in [6.45, 7) is 37.3. The predicted octanol–water partition coefficient (Wildman–Crippen LogP) is 23.4. The Morgan fingerprint density at radius 1 is 0.434 bits per heavy atom. The molecule has 1 aromatic heterocycles. The summed E-state index contributed by atoms with van der Waals surface area (Å²) in [6, 6.07) is 21.3. The Balaban J connectivity index is 0.000000116. The van der Waals surface area contributed by atoms with Crippen LogP contribution < -0.4 is 0 Å². The molecule has 18 rings (SSSR count). The summed E-state index contributed by atoms with van der Waals surface area (Å²) in [7, 11) is 0. The van der Waals surface area contributed by atoms with Gasteiger partial charge < -0.3 is 14.2 Å². The van der Waals surface area contributed by atoms with E-state index in [0.29, 0.717) is 50.8 Å². The van der Waals surface area contributed by atoms with Gasteiger partial charge in [0.2, 0.25) is 0 Å². The molecule has 20 atom stereocenters. The number of benzene rings is 3. The van der Waals surface area contributed by atoms with E-state index in [0.717, 1.165) is 90.1 Å². The molecule has 0 unspecified atom stereocenters. The van der Waals surface area contributed by atoms with Crippen molar-refractivity contribution >= 4 is 34.5 Å². The molecule has 12 aliphatic carbocycles. The van der Waals surface area contributed by atoms with Gasteiger partial charge in [0.05, 0.1) is 59.9 Å². The number of ether oxygens (including phenoxy) is 3. The number of fused-ring (bicyclic) bond motifs is 18. The largest absolute Gasteiger partial charge is 0.373 e. The van der Waals surface area contributed by atoms with Crippen LogP contribution in [0, 0.1) is 91.7 Å². The van der Waals surface area contributed by atoms with E-state index in [9.17, 15) is 0 Å². The molecule has 99 heavy (non-hydrogen) atoms. The van der Waals surface area contributed by atoms with Gasteiger partial charge in [-0.3, -0.25) is 15.1 Å². The molecule has 7 heteroatoms. The third-order valence-electron chi connectivity index (χ3n) is 31.2. The lowest BCUT2D eigenvalue weighted by atomic mass is 9.44. The van der Waals surface area contributed by atoms with Crippen LogP contribution in [0.25, 0.3) is 22.0 Å². The van der Waals surface area contributed by atoms with Crippen molar-refractivity contribution in [2.24, 2.45) is 102 Å². The van der Waals surface area contributed by atoms with E-state index in [4.69, 9.17) is 14.2 Å². The third kappa shape index (κ3) is 12.1. The molecule has 3 heterocycles. The summed E-state index contributed by atoms with van der Waals surface area (Å²) < 4.78 is 19.3. The highest BCUT2D eigenvalue weighted by atomic mass is 16.5. The summed E-state index contributed by atoms with van der Waals surface area (Å²) in [5, 5.41) is 8.63. The number of hydrogen-bond acceptors (Lipinski definition) is 6. The zero-order chi connectivity index (χ0) is 69.0. The first-order valence-electron chi connectivity index (χ1n) is 40.6. The maximum atomic E-state index is 6.47. The normalized spacial score (nSPS) is 40.6. The van der Waals surface area contributed by atoms with E-state index in [1.807, 2.05) is 12.4 Å². The van der Waals surface area contributed by atoms with Gasteiger partial charge in [-0.15, -0.1) is 0 Å². The molecule has 2 aliphatic heterocycles. The van der Waals surface area contributed by atoms with Gasteiger partial charge in [-0.05, 0) is 370 Å². The molecular formula is C92H126N4O3. The Bertz CT molecular complexity index is 3860. The van der Waals surface area contributed by atoms with E-state index in [1.54, 1.807) is 27.9 Å². The fourth-order valence-electron chi connectivity index (χ4n) is 26.6. The minimum Gasteiger partial charge on any atom is -0.373 e. The zero-order valence-electron chi connectivity index (χ0n) is 64.1. The fourth-order valence-corrected chi connectivity index (χ4v) is 26.6. The van der Waals surface area contributed by atoms with Crippen LogP contribution in [0.4, 0.5) is 0 Å². The summed E-state index contributed by atoms with van der Waals surface area (Å²) >= 11 is 0. The molecule has 532 valence electrons. The first kappa shape index (κ1) is 68.7. The highest BCUT2D eigenvalue weighted by Gasteiger charge is 2.62. The van der Waals surface area contributed by atoms with Crippen LogP contribution in [0.5, 0.6) is 0 Å². The summed E-state index contributed by atoms with van der Waals surface area (Å²) in [5.74, 6) is 9.24. The number of nitrogens with zero attached hydrogens (tertiary/aromatic N) is 3. The van der Waals surface area contributed by atoms with E-state index in [-0.39, 0.29) is 16.8 Å². The molecule has 4 aromatic rings. The Hall–Kier alpha value is -4.69. The highest BCUT2D eigenvalue weighted by molar-refractivity contribution is 5.87. The second-order valence-corrected chi connectivity index (χ2v) is 39.8. The molecule has 8 saturated carbocycles. The van der Waals surface area contributed by atoms with Crippen molar-refractivity contribution in [3.05, 3.63) is 135 Å². The van der Waals surface area contributed by atoms with Gasteiger partial charge >= 0.3 is 0 Å². The molecule has 8 fully saturated rings.